The molecule has 1 rings (SSSR count). The Hall–Kier alpha value is -1.84. The highest BCUT2D eigenvalue weighted by molar-refractivity contribution is 5.97. The van der Waals surface area contributed by atoms with E-state index in [1.807, 2.05) is 32.9 Å². The number of nitrogens with one attached hydrogen (secondary N) is 1. The third kappa shape index (κ3) is 5.17. The van der Waals surface area contributed by atoms with Crippen LogP contribution in [0.3, 0.4) is 0 Å². The van der Waals surface area contributed by atoms with Crippen molar-refractivity contribution in [2.75, 3.05) is 13.6 Å². The van der Waals surface area contributed by atoms with Crippen LogP contribution in [0, 0.1) is 18.8 Å². The van der Waals surface area contributed by atoms with Crippen molar-refractivity contribution in [2.45, 2.75) is 40.7 Å². The average Bonchev–Trinajstić information content (AvgIpc) is 2.43. The summed E-state index contributed by atoms with van der Waals surface area (Å²) in [6.07, 6.45) is 0. The molecule has 4 heteroatoms. The second-order valence-corrected chi connectivity index (χ2v) is 6.67. The molecule has 1 atom stereocenters. The van der Waals surface area contributed by atoms with Crippen molar-refractivity contribution in [3.63, 3.8) is 0 Å². The highest BCUT2D eigenvalue weighted by Gasteiger charge is 2.27. The number of carbonyl (C=O) groups excluding carboxylic acids is 2. The first-order valence-electron chi connectivity index (χ1n) is 7.84. The van der Waals surface area contributed by atoms with Crippen molar-refractivity contribution in [1.82, 2.24) is 10.2 Å². The van der Waals surface area contributed by atoms with Gasteiger partial charge in [0.25, 0.3) is 5.91 Å². The standard InChI is InChI=1S/C18H28N2O2/c1-12(2)11-20(6)18(22)16(13(3)4)19-17(21)15-9-7-14(5)8-10-15/h7-10,12-13,16H,11H2,1-6H3,(H,19,21). The summed E-state index contributed by atoms with van der Waals surface area (Å²) in [4.78, 5) is 26.6. The molecule has 0 bridgehead atoms. The topological polar surface area (TPSA) is 49.4 Å². The van der Waals surface area contributed by atoms with E-state index in [9.17, 15) is 9.59 Å². The second kappa shape index (κ2) is 7.97. The normalized spacial score (nSPS) is 12.4. The number of hydrogen-bond donors (Lipinski definition) is 1. The van der Waals surface area contributed by atoms with Gasteiger partial charge in [-0.2, -0.15) is 0 Å². The maximum atomic E-state index is 12.6. The van der Waals surface area contributed by atoms with E-state index in [0.29, 0.717) is 18.0 Å². The Labute approximate surface area is 133 Å². The lowest BCUT2D eigenvalue weighted by atomic mass is 10.0. The van der Waals surface area contributed by atoms with Gasteiger partial charge in [-0.25, -0.2) is 0 Å². The van der Waals surface area contributed by atoms with E-state index in [0.717, 1.165) is 5.56 Å². The van der Waals surface area contributed by atoms with E-state index in [1.54, 1.807) is 24.1 Å². The molecule has 2 amide bonds. The smallest absolute Gasteiger partial charge is 0.251 e. The van der Waals surface area contributed by atoms with Crippen molar-refractivity contribution < 1.29 is 9.59 Å². The largest absolute Gasteiger partial charge is 0.344 e. The lowest BCUT2D eigenvalue weighted by Gasteiger charge is -2.28. The van der Waals surface area contributed by atoms with Gasteiger partial charge in [0.1, 0.15) is 6.04 Å². The van der Waals surface area contributed by atoms with Gasteiger partial charge in [-0.15, -0.1) is 0 Å². The fourth-order valence-electron chi connectivity index (χ4n) is 2.32. The van der Waals surface area contributed by atoms with Gasteiger partial charge in [0.2, 0.25) is 5.91 Å². The maximum absolute atomic E-state index is 12.6. The second-order valence-electron chi connectivity index (χ2n) is 6.67. The zero-order valence-corrected chi connectivity index (χ0v) is 14.5. The highest BCUT2D eigenvalue weighted by atomic mass is 16.2. The molecule has 0 aromatic heterocycles. The van der Waals surface area contributed by atoms with Gasteiger partial charge in [0.05, 0.1) is 0 Å². The molecular formula is C18H28N2O2. The Morgan fingerprint density at radius 2 is 1.64 bits per heavy atom. The van der Waals surface area contributed by atoms with Gasteiger partial charge in [-0.3, -0.25) is 9.59 Å². The predicted octanol–water partition coefficient (Wildman–Crippen LogP) is 2.86. The first kappa shape index (κ1) is 18.2. The quantitative estimate of drug-likeness (QED) is 0.878. The molecule has 1 aromatic rings. The summed E-state index contributed by atoms with van der Waals surface area (Å²) in [6, 6.07) is 6.85. The summed E-state index contributed by atoms with van der Waals surface area (Å²) in [6.45, 7) is 10.7. The van der Waals surface area contributed by atoms with Crippen molar-refractivity contribution in [3.8, 4) is 0 Å². The minimum Gasteiger partial charge on any atom is -0.344 e. The van der Waals surface area contributed by atoms with Crippen molar-refractivity contribution in [3.05, 3.63) is 35.4 Å². The van der Waals surface area contributed by atoms with E-state index >= 15 is 0 Å². The third-order valence-electron chi connectivity index (χ3n) is 3.55. The molecule has 1 unspecified atom stereocenters. The van der Waals surface area contributed by atoms with Crippen LogP contribution < -0.4 is 5.32 Å². The summed E-state index contributed by atoms with van der Waals surface area (Å²) in [5.41, 5.74) is 1.68. The lowest BCUT2D eigenvalue weighted by Crippen LogP contribution is -2.50. The van der Waals surface area contributed by atoms with Crippen molar-refractivity contribution in [1.29, 1.82) is 0 Å². The minimum absolute atomic E-state index is 0.0378. The molecule has 0 saturated carbocycles. The number of hydrogen-bond acceptors (Lipinski definition) is 2. The Morgan fingerprint density at radius 3 is 2.09 bits per heavy atom. The van der Waals surface area contributed by atoms with Crippen molar-refractivity contribution >= 4 is 11.8 Å². The van der Waals surface area contributed by atoms with Gasteiger partial charge < -0.3 is 10.2 Å². The van der Waals surface area contributed by atoms with Crippen LogP contribution in [0.5, 0.6) is 0 Å². The first-order valence-corrected chi connectivity index (χ1v) is 7.84. The number of likely N-dealkylation sites (N-methyl/N-ethyl adjacent to an activating group) is 1. The number of amides is 2. The molecule has 0 fully saturated rings. The molecular weight excluding hydrogens is 276 g/mol. The fourth-order valence-corrected chi connectivity index (χ4v) is 2.32. The summed E-state index contributed by atoms with van der Waals surface area (Å²) in [7, 11) is 1.79. The SMILES string of the molecule is Cc1ccc(C(=O)NC(C(=O)N(C)CC(C)C)C(C)C)cc1. The monoisotopic (exact) mass is 304 g/mol. The number of carbonyl (C=O) groups is 2. The molecule has 0 aliphatic rings. The van der Waals surface area contributed by atoms with Gasteiger partial charge >= 0.3 is 0 Å². The van der Waals surface area contributed by atoms with E-state index in [-0.39, 0.29) is 17.7 Å². The molecule has 4 nitrogen and oxygen atoms in total. The third-order valence-corrected chi connectivity index (χ3v) is 3.55. The van der Waals surface area contributed by atoms with Gasteiger partial charge in [-0.1, -0.05) is 45.4 Å². The molecule has 0 saturated heterocycles. The van der Waals surface area contributed by atoms with Crippen LogP contribution in [-0.4, -0.2) is 36.3 Å². The molecule has 0 aliphatic heterocycles. The van der Waals surface area contributed by atoms with E-state index in [4.69, 9.17) is 0 Å². The Kier molecular flexibility index (Phi) is 6.60. The molecule has 22 heavy (non-hydrogen) atoms. The number of nitrogens with zero attached hydrogens (tertiary/aromatic N) is 1. The molecule has 122 valence electrons. The van der Waals surface area contributed by atoms with Crippen LogP contribution >= 0.6 is 0 Å². The van der Waals surface area contributed by atoms with E-state index in [2.05, 4.69) is 19.2 Å². The van der Waals surface area contributed by atoms with Gasteiger partial charge in [-0.05, 0) is 30.9 Å². The number of rotatable bonds is 6. The van der Waals surface area contributed by atoms with Crippen molar-refractivity contribution in [2.24, 2.45) is 11.8 Å². The first-order chi connectivity index (χ1) is 10.2. The Balaban J connectivity index is 2.81. The van der Waals surface area contributed by atoms with Gasteiger partial charge in [0, 0.05) is 19.2 Å². The molecule has 0 heterocycles. The van der Waals surface area contributed by atoms with E-state index in [1.165, 1.54) is 0 Å². The molecule has 0 spiro atoms. The molecule has 1 N–H and O–H groups in total. The van der Waals surface area contributed by atoms with Crippen LogP contribution in [0.2, 0.25) is 0 Å². The number of benzene rings is 1. The average molecular weight is 304 g/mol. The summed E-state index contributed by atoms with van der Waals surface area (Å²) < 4.78 is 0. The minimum atomic E-state index is -0.502. The van der Waals surface area contributed by atoms with Gasteiger partial charge in [0.15, 0.2) is 0 Å². The molecule has 1 aromatic carbocycles. The van der Waals surface area contributed by atoms with Crippen LogP contribution in [0.1, 0.15) is 43.6 Å². The highest BCUT2D eigenvalue weighted by Crippen LogP contribution is 2.10. The summed E-state index contributed by atoms with van der Waals surface area (Å²) in [5, 5.41) is 2.88. The Bertz CT molecular complexity index is 506. The van der Waals surface area contributed by atoms with Crippen LogP contribution in [-0.2, 0) is 4.79 Å². The Morgan fingerprint density at radius 1 is 1.09 bits per heavy atom. The summed E-state index contributed by atoms with van der Waals surface area (Å²) >= 11 is 0. The molecule has 0 radical (unpaired) electrons. The number of aryl methyl sites for hydroxylation is 1. The maximum Gasteiger partial charge on any atom is 0.251 e. The fraction of sp³-hybridized carbons (Fsp3) is 0.556. The lowest BCUT2D eigenvalue weighted by molar-refractivity contribution is -0.133. The molecule has 0 aliphatic carbocycles. The van der Waals surface area contributed by atoms with Crippen LogP contribution in [0.15, 0.2) is 24.3 Å². The zero-order valence-electron chi connectivity index (χ0n) is 14.5. The van der Waals surface area contributed by atoms with Crippen LogP contribution in [0.4, 0.5) is 0 Å². The predicted molar refractivity (Wildman–Crippen MR) is 89.7 cm³/mol. The zero-order chi connectivity index (χ0) is 16.9. The summed E-state index contributed by atoms with van der Waals surface area (Å²) in [5.74, 6) is 0.195. The van der Waals surface area contributed by atoms with E-state index < -0.39 is 6.04 Å². The van der Waals surface area contributed by atoms with Crippen LogP contribution in [0.25, 0.3) is 0 Å².